The zero-order chi connectivity index (χ0) is 52.9. The Morgan fingerprint density at radius 1 is 0.562 bits per heavy atom. The third-order valence-corrected chi connectivity index (χ3v) is 15.7. The zero-order valence-corrected chi connectivity index (χ0v) is 47.3. The summed E-state index contributed by atoms with van der Waals surface area (Å²) in [5, 5.41) is 5.38. The fraction of sp³-hybridized carbons (Fsp3) is 0.897. The Bertz CT molecular complexity index is 1450. The molecule has 426 valence electrons. The number of esters is 2. The summed E-state index contributed by atoms with van der Waals surface area (Å²) in [5.74, 6) is 0.442. The van der Waals surface area contributed by atoms with Crippen LogP contribution in [0.15, 0.2) is 12.2 Å². The first-order valence-electron chi connectivity index (χ1n) is 30.1. The van der Waals surface area contributed by atoms with Crippen LogP contribution in [0.2, 0.25) is 0 Å². The van der Waals surface area contributed by atoms with Crippen molar-refractivity contribution in [3.63, 3.8) is 0 Å². The molecule has 0 aliphatic heterocycles. The Morgan fingerprint density at radius 2 is 1.01 bits per heavy atom. The lowest BCUT2D eigenvalue weighted by atomic mass is 10.0. The highest BCUT2D eigenvalue weighted by Crippen LogP contribution is 2.52. The monoisotopic (exact) mass is 1050 g/mol. The average Bonchev–Trinajstić information content (AvgIpc) is 4.02. The van der Waals surface area contributed by atoms with Crippen molar-refractivity contribution in [2.45, 2.75) is 276 Å². The lowest BCUT2D eigenvalue weighted by molar-refractivity contribution is -0.161. The molecule has 14 nitrogen and oxygen atoms in total. The maximum Gasteiger partial charge on any atom is 0.472 e. The van der Waals surface area contributed by atoms with Crippen LogP contribution in [-0.2, 0) is 42.2 Å². The molecular formula is C58H108N3O11P. The summed E-state index contributed by atoms with van der Waals surface area (Å²) in [4.78, 5) is 60.8. The summed E-state index contributed by atoms with van der Waals surface area (Å²) < 4.78 is 39.6. The number of rotatable bonds is 50. The lowest BCUT2D eigenvalue weighted by Crippen LogP contribution is -2.41. The van der Waals surface area contributed by atoms with Crippen molar-refractivity contribution in [3.8, 4) is 0 Å². The molecule has 1 fully saturated rings. The minimum absolute atomic E-state index is 0.0956. The normalized spacial score (nSPS) is 18.3. The molecule has 0 heterocycles. The van der Waals surface area contributed by atoms with Crippen molar-refractivity contribution in [1.29, 1.82) is 0 Å². The van der Waals surface area contributed by atoms with Gasteiger partial charge in [-0.1, -0.05) is 206 Å². The van der Waals surface area contributed by atoms with Crippen molar-refractivity contribution >= 4 is 31.8 Å². The van der Waals surface area contributed by atoms with Gasteiger partial charge in [0.05, 0.1) is 25.9 Å². The summed E-state index contributed by atoms with van der Waals surface area (Å²) >= 11 is 0. The van der Waals surface area contributed by atoms with Crippen LogP contribution in [-0.4, -0.2) is 80.5 Å². The molecule has 0 saturated heterocycles. The van der Waals surface area contributed by atoms with Crippen molar-refractivity contribution in [1.82, 2.24) is 10.6 Å². The molecule has 0 spiro atoms. The van der Waals surface area contributed by atoms with Crippen molar-refractivity contribution in [2.24, 2.45) is 23.5 Å². The molecule has 0 aromatic heterocycles. The number of ether oxygens (including phenoxy) is 3. The highest BCUT2D eigenvalue weighted by atomic mass is 31.2. The Balaban J connectivity index is 1.63. The minimum atomic E-state index is -4.63. The maximum absolute atomic E-state index is 12.9. The first-order chi connectivity index (χ1) is 35.6. The van der Waals surface area contributed by atoms with Crippen LogP contribution >= 0.6 is 7.82 Å². The van der Waals surface area contributed by atoms with E-state index in [2.05, 4.69) is 36.6 Å². The van der Waals surface area contributed by atoms with E-state index < -0.39 is 50.5 Å². The molecule has 0 radical (unpaired) electrons. The first kappa shape index (κ1) is 66.6. The van der Waals surface area contributed by atoms with Crippen LogP contribution < -0.4 is 16.4 Å². The Labute approximate surface area is 444 Å². The van der Waals surface area contributed by atoms with Crippen LogP contribution in [0, 0.1) is 17.8 Å². The lowest BCUT2D eigenvalue weighted by Gasteiger charge is -2.20. The number of phosphoric acid groups is 1. The van der Waals surface area contributed by atoms with Crippen molar-refractivity contribution in [2.75, 3.05) is 39.5 Å². The summed E-state index contributed by atoms with van der Waals surface area (Å²) in [6, 6.07) is -0.809. The van der Waals surface area contributed by atoms with Gasteiger partial charge in [-0.3, -0.25) is 23.4 Å². The van der Waals surface area contributed by atoms with E-state index in [1.807, 2.05) is 0 Å². The number of alkyl carbamates (subject to hydrolysis) is 1. The number of nitrogens with one attached hydrogen (secondary N) is 2. The minimum Gasteiger partial charge on any atom is -0.462 e. The van der Waals surface area contributed by atoms with Crippen LogP contribution in [0.25, 0.3) is 0 Å². The fourth-order valence-electron chi connectivity index (χ4n) is 10.1. The van der Waals surface area contributed by atoms with E-state index in [0.29, 0.717) is 63.0 Å². The third kappa shape index (κ3) is 38.7. The van der Waals surface area contributed by atoms with Crippen LogP contribution in [0.3, 0.4) is 0 Å². The SMILES string of the molecule is CCCCCCCCCCCCCCCCCC(=O)OCC(COP(=O)(O)OCCNC(=O)C(N)CCCCNC(=O)OCC1C2CC/C=C\CCC21)OC(=O)CCCCCCCCCCCCCCCCC. The van der Waals surface area contributed by atoms with Gasteiger partial charge in [0.1, 0.15) is 6.61 Å². The number of carbonyl (C=O) groups is 4. The maximum atomic E-state index is 12.9. The first-order valence-corrected chi connectivity index (χ1v) is 31.6. The predicted molar refractivity (Wildman–Crippen MR) is 294 cm³/mol. The molecule has 5 N–H and O–H groups in total. The van der Waals surface area contributed by atoms with Gasteiger partial charge in [-0.05, 0) is 75.5 Å². The summed E-state index contributed by atoms with van der Waals surface area (Å²) in [5.41, 5.74) is 6.07. The molecule has 2 amide bonds. The zero-order valence-electron chi connectivity index (χ0n) is 46.4. The van der Waals surface area contributed by atoms with E-state index >= 15 is 0 Å². The molecule has 0 bridgehead atoms. The summed E-state index contributed by atoms with van der Waals surface area (Å²) in [6.45, 7) is 4.12. The standard InChI is InChI=1S/C58H108N3O11P/c1-3-5-7-9-11-13-15-17-19-21-23-25-27-29-35-42-55(62)68-47-50(72-56(63)43-36-30-28-26-24-22-20-18-16-14-12-10-8-6-4-2)48-71-73(66,67)70-46-45-60-57(64)54(59)41-37-38-44-61-58(65)69-49-53-51-39-33-31-32-34-40-52(51)53/h31-32,50-54H,3-30,33-49,59H2,1-2H3,(H,60,64)(H,61,65)(H,66,67)/b32-31-. The van der Waals surface area contributed by atoms with Crippen LogP contribution in [0.1, 0.15) is 264 Å². The van der Waals surface area contributed by atoms with E-state index in [9.17, 15) is 28.6 Å². The number of amides is 2. The van der Waals surface area contributed by atoms with E-state index in [-0.39, 0.29) is 32.6 Å². The fourth-order valence-corrected chi connectivity index (χ4v) is 10.8. The highest BCUT2D eigenvalue weighted by molar-refractivity contribution is 7.47. The van der Waals surface area contributed by atoms with Gasteiger partial charge in [0.25, 0.3) is 0 Å². The van der Waals surface area contributed by atoms with E-state index in [0.717, 1.165) is 64.2 Å². The number of hydrogen-bond acceptors (Lipinski definition) is 11. The molecule has 5 atom stereocenters. The molecule has 0 aromatic rings. The van der Waals surface area contributed by atoms with Gasteiger partial charge in [-0.2, -0.15) is 0 Å². The van der Waals surface area contributed by atoms with Gasteiger partial charge >= 0.3 is 25.9 Å². The topological polar surface area (TPSA) is 202 Å². The number of phosphoric ester groups is 1. The average molecular weight is 1050 g/mol. The third-order valence-electron chi connectivity index (χ3n) is 14.7. The predicted octanol–water partition coefficient (Wildman–Crippen LogP) is 14.4. The summed E-state index contributed by atoms with van der Waals surface area (Å²) in [6.07, 6.45) is 46.2. The smallest absolute Gasteiger partial charge is 0.462 e. The second-order valence-corrected chi connectivity index (χ2v) is 22.8. The van der Waals surface area contributed by atoms with Gasteiger partial charge in [-0.25, -0.2) is 9.36 Å². The summed E-state index contributed by atoms with van der Waals surface area (Å²) in [7, 11) is -4.63. The van der Waals surface area contributed by atoms with Gasteiger partial charge in [-0.15, -0.1) is 0 Å². The largest absolute Gasteiger partial charge is 0.472 e. The number of allylic oxidation sites excluding steroid dienone is 2. The molecule has 2 aliphatic carbocycles. The molecule has 2 rings (SSSR count). The van der Waals surface area contributed by atoms with Crippen molar-refractivity contribution < 1.29 is 51.9 Å². The molecule has 5 unspecified atom stereocenters. The Hall–Kier alpha value is -2.51. The second-order valence-electron chi connectivity index (χ2n) is 21.3. The molecule has 1 saturated carbocycles. The number of fused-ring (bicyclic) bond motifs is 1. The van der Waals surface area contributed by atoms with Crippen LogP contribution in [0.5, 0.6) is 0 Å². The van der Waals surface area contributed by atoms with Gasteiger partial charge < -0.3 is 35.5 Å². The van der Waals surface area contributed by atoms with E-state index in [1.54, 1.807) is 0 Å². The molecular weight excluding hydrogens is 946 g/mol. The molecule has 0 aromatic carbocycles. The quantitative estimate of drug-likeness (QED) is 0.0148. The van der Waals surface area contributed by atoms with E-state index in [4.69, 9.17) is 29.0 Å². The van der Waals surface area contributed by atoms with Gasteiger partial charge in [0.2, 0.25) is 5.91 Å². The second kappa shape index (κ2) is 45.7. The number of carbonyl (C=O) groups excluding carboxylic acids is 4. The highest BCUT2D eigenvalue weighted by Gasteiger charge is 2.49. The number of hydrogen-bond donors (Lipinski definition) is 4. The Kier molecular flexibility index (Phi) is 41.7. The number of nitrogens with two attached hydrogens (primary N) is 1. The van der Waals surface area contributed by atoms with Gasteiger partial charge in [0.15, 0.2) is 6.10 Å². The number of unbranched alkanes of at least 4 members (excludes halogenated alkanes) is 29. The molecule has 15 heteroatoms. The van der Waals surface area contributed by atoms with E-state index in [1.165, 1.54) is 141 Å². The van der Waals surface area contributed by atoms with Gasteiger partial charge in [0, 0.05) is 25.9 Å². The molecule has 2 aliphatic rings. The molecule has 73 heavy (non-hydrogen) atoms. The van der Waals surface area contributed by atoms with Crippen molar-refractivity contribution in [3.05, 3.63) is 12.2 Å². The van der Waals surface area contributed by atoms with Crippen LogP contribution in [0.4, 0.5) is 4.79 Å². The Morgan fingerprint density at radius 3 is 1.49 bits per heavy atom.